The SMILES string of the molecule is CCCOc1ccc(C(=O)N2CCN(S(=O)(=O)C3CCS(=O)(=O)C3)CC2)cc1OCC. The van der Waals surface area contributed by atoms with Crippen molar-refractivity contribution in [2.75, 3.05) is 50.9 Å². The number of amides is 1. The molecule has 1 aromatic rings. The minimum atomic E-state index is -3.70. The maximum atomic E-state index is 13.0. The van der Waals surface area contributed by atoms with Gasteiger partial charge in [0.2, 0.25) is 10.0 Å². The van der Waals surface area contributed by atoms with Crippen molar-refractivity contribution >= 4 is 25.8 Å². The largest absolute Gasteiger partial charge is 0.490 e. The number of nitrogens with zero attached hydrogens (tertiary/aromatic N) is 2. The van der Waals surface area contributed by atoms with Crippen molar-refractivity contribution in [1.82, 2.24) is 9.21 Å². The molecule has 0 spiro atoms. The van der Waals surface area contributed by atoms with Gasteiger partial charge in [-0.2, -0.15) is 4.31 Å². The van der Waals surface area contributed by atoms with E-state index in [2.05, 4.69) is 0 Å². The van der Waals surface area contributed by atoms with Crippen molar-refractivity contribution in [3.05, 3.63) is 23.8 Å². The summed E-state index contributed by atoms with van der Waals surface area (Å²) in [6, 6.07) is 5.06. The Morgan fingerprint density at radius 3 is 2.39 bits per heavy atom. The van der Waals surface area contributed by atoms with Crippen molar-refractivity contribution in [3.8, 4) is 11.5 Å². The molecule has 2 heterocycles. The number of hydrogen-bond donors (Lipinski definition) is 0. The molecule has 9 nitrogen and oxygen atoms in total. The van der Waals surface area contributed by atoms with Crippen LogP contribution in [-0.2, 0) is 19.9 Å². The third-order valence-corrected chi connectivity index (χ3v) is 9.76. The summed E-state index contributed by atoms with van der Waals surface area (Å²) in [7, 11) is -6.98. The molecule has 0 saturated carbocycles. The Hall–Kier alpha value is -1.85. The second-order valence-corrected chi connectivity index (χ2v) is 12.1. The van der Waals surface area contributed by atoms with Gasteiger partial charge in [-0.3, -0.25) is 4.79 Å². The summed E-state index contributed by atoms with van der Waals surface area (Å²) < 4.78 is 61.5. The van der Waals surface area contributed by atoms with E-state index >= 15 is 0 Å². The zero-order chi connectivity index (χ0) is 22.6. The maximum Gasteiger partial charge on any atom is 0.254 e. The smallest absolute Gasteiger partial charge is 0.254 e. The van der Waals surface area contributed by atoms with Gasteiger partial charge in [0.15, 0.2) is 21.3 Å². The molecule has 0 N–H and O–H groups in total. The fraction of sp³-hybridized carbons (Fsp3) is 0.650. The first-order valence-electron chi connectivity index (χ1n) is 10.6. The molecule has 0 aliphatic carbocycles. The van der Waals surface area contributed by atoms with Gasteiger partial charge < -0.3 is 14.4 Å². The van der Waals surface area contributed by atoms with Crippen molar-refractivity contribution in [2.24, 2.45) is 0 Å². The molecule has 3 rings (SSSR count). The summed E-state index contributed by atoms with van der Waals surface area (Å²) in [4.78, 5) is 14.6. The van der Waals surface area contributed by atoms with Crippen LogP contribution in [0.3, 0.4) is 0 Å². The lowest BCUT2D eigenvalue weighted by Crippen LogP contribution is -2.52. The van der Waals surface area contributed by atoms with Gasteiger partial charge in [0, 0.05) is 31.7 Å². The second kappa shape index (κ2) is 9.74. The lowest BCUT2D eigenvalue weighted by Gasteiger charge is -2.35. The summed E-state index contributed by atoms with van der Waals surface area (Å²) in [5.41, 5.74) is 0.450. The van der Waals surface area contributed by atoms with Crippen LogP contribution in [0.5, 0.6) is 11.5 Å². The highest BCUT2D eigenvalue weighted by atomic mass is 32.2. The lowest BCUT2D eigenvalue weighted by molar-refractivity contribution is 0.0697. The first-order valence-corrected chi connectivity index (χ1v) is 13.9. The number of carbonyl (C=O) groups is 1. The Labute approximate surface area is 184 Å². The molecule has 1 atom stereocenters. The van der Waals surface area contributed by atoms with E-state index in [-0.39, 0.29) is 50.0 Å². The molecule has 1 aromatic carbocycles. The summed E-state index contributed by atoms with van der Waals surface area (Å²) >= 11 is 0. The Balaban J connectivity index is 1.65. The Morgan fingerprint density at radius 2 is 1.81 bits per heavy atom. The maximum absolute atomic E-state index is 13.0. The number of carbonyl (C=O) groups excluding carboxylic acids is 1. The summed E-state index contributed by atoms with van der Waals surface area (Å²) in [5, 5.41) is -0.885. The van der Waals surface area contributed by atoms with Crippen molar-refractivity contribution in [3.63, 3.8) is 0 Å². The van der Waals surface area contributed by atoms with Gasteiger partial charge in [-0.05, 0) is 38.0 Å². The number of piperazine rings is 1. The molecule has 1 unspecified atom stereocenters. The zero-order valence-electron chi connectivity index (χ0n) is 17.9. The third kappa shape index (κ3) is 5.50. The zero-order valence-corrected chi connectivity index (χ0v) is 19.6. The molecule has 0 radical (unpaired) electrons. The summed E-state index contributed by atoms with van der Waals surface area (Å²) in [6.45, 7) is 5.64. The lowest BCUT2D eigenvalue weighted by atomic mass is 10.1. The second-order valence-electron chi connectivity index (χ2n) is 7.70. The number of sulfone groups is 1. The average Bonchev–Trinajstić information content (AvgIpc) is 3.13. The monoisotopic (exact) mass is 474 g/mol. The highest BCUT2D eigenvalue weighted by Gasteiger charge is 2.41. The minimum absolute atomic E-state index is 0.0878. The first kappa shape index (κ1) is 23.8. The Bertz CT molecular complexity index is 1000. The predicted octanol–water partition coefficient (Wildman–Crippen LogP) is 1.15. The molecule has 0 aromatic heterocycles. The van der Waals surface area contributed by atoms with Crippen molar-refractivity contribution < 1.29 is 31.1 Å². The Kier molecular flexibility index (Phi) is 7.48. The third-order valence-electron chi connectivity index (χ3n) is 5.45. The van der Waals surface area contributed by atoms with E-state index in [1.807, 2.05) is 13.8 Å². The number of hydrogen-bond acceptors (Lipinski definition) is 7. The van der Waals surface area contributed by atoms with E-state index in [9.17, 15) is 21.6 Å². The van der Waals surface area contributed by atoms with Crippen molar-refractivity contribution in [1.29, 1.82) is 0 Å². The molecule has 0 bridgehead atoms. The summed E-state index contributed by atoms with van der Waals surface area (Å²) in [5.74, 6) is 0.480. The summed E-state index contributed by atoms with van der Waals surface area (Å²) in [6.07, 6.45) is 0.989. The van der Waals surface area contributed by atoms with E-state index in [0.29, 0.717) is 30.3 Å². The van der Waals surface area contributed by atoms with Crippen molar-refractivity contribution in [2.45, 2.75) is 31.9 Å². The Morgan fingerprint density at radius 1 is 1.10 bits per heavy atom. The van der Waals surface area contributed by atoms with E-state index < -0.39 is 25.1 Å². The van der Waals surface area contributed by atoms with Gasteiger partial charge in [0.05, 0.1) is 30.0 Å². The topological polar surface area (TPSA) is 110 Å². The van der Waals surface area contributed by atoms with Gasteiger partial charge in [-0.15, -0.1) is 0 Å². The minimum Gasteiger partial charge on any atom is -0.490 e. The van der Waals surface area contributed by atoms with Crippen LogP contribution in [0.25, 0.3) is 0 Å². The normalized spacial score (nSPS) is 21.7. The fourth-order valence-corrected chi connectivity index (χ4v) is 8.29. The van der Waals surface area contributed by atoms with Crippen LogP contribution in [0.15, 0.2) is 18.2 Å². The fourth-order valence-electron chi connectivity index (χ4n) is 3.78. The highest BCUT2D eigenvalue weighted by molar-refractivity contribution is 7.95. The van der Waals surface area contributed by atoms with Crippen LogP contribution in [0.2, 0.25) is 0 Å². The highest BCUT2D eigenvalue weighted by Crippen LogP contribution is 2.30. The van der Waals surface area contributed by atoms with E-state index in [4.69, 9.17) is 9.47 Å². The number of ether oxygens (including phenoxy) is 2. The van der Waals surface area contributed by atoms with Gasteiger partial charge in [-0.1, -0.05) is 6.92 Å². The van der Waals surface area contributed by atoms with E-state index in [0.717, 1.165) is 6.42 Å². The van der Waals surface area contributed by atoms with Crippen LogP contribution >= 0.6 is 0 Å². The first-order chi connectivity index (χ1) is 14.7. The number of sulfonamides is 1. The average molecular weight is 475 g/mol. The molecule has 1 amide bonds. The molecule has 2 fully saturated rings. The van der Waals surface area contributed by atoms with Crippen LogP contribution in [0.4, 0.5) is 0 Å². The van der Waals surface area contributed by atoms with Gasteiger partial charge in [0.1, 0.15) is 0 Å². The number of benzene rings is 1. The van der Waals surface area contributed by atoms with Crippen LogP contribution in [-0.4, -0.2) is 88.1 Å². The van der Waals surface area contributed by atoms with E-state index in [1.165, 1.54) is 4.31 Å². The number of rotatable bonds is 8. The van der Waals surface area contributed by atoms with Crippen LogP contribution < -0.4 is 9.47 Å². The molecule has 31 heavy (non-hydrogen) atoms. The van der Waals surface area contributed by atoms with E-state index in [1.54, 1.807) is 23.1 Å². The van der Waals surface area contributed by atoms with Crippen LogP contribution in [0.1, 0.15) is 37.0 Å². The van der Waals surface area contributed by atoms with Gasteiger partial charge in [0.25, 0.3) is 5.91 Å². The molecule has 174 valence electrons. The molecule has 2 aliphatic rings. The molecular formula is C20H30N2O7S2. The molecule has 2 saturated heterocycles. The van der Waals surface area contributed by atoms with Gasteiger partial charge >= 0.3 is 0 Å². The standard InChI is InChI=1S/C20H30N2O7S2/c1-3-12-29-18-6-5-16(14-19(18)28-4-2)20(23)21-8-10-22(11-9-21)31(26,27)17-7-13-30(24,25)15-17/h5-6,14,17H,3-4,7-13,15H2,1-2H3. The van der Waals surface area contributed by atoms with Gasteiger partial charge in [-0.25, -0.2) is 16.8 Å². The molecular weight excluding hydrogens is 444 g/mol. The van der Waals surface area contributed by atoms with Crippen LogP contribution in [0, 0.1) is 0 Å². The molecule has 2 aliphatic heterocycles. The quantitative estimate of drug-likeness (QED) is 0.556. The predicted molar refractivity (Wildman–Crippen MR) is 117 cm³/mol. The molecule has 11 heteroatoms.